The van der Waals surface area contributed by atoms with Gasteiger partial charge >= 0.3 is 5.97 Å². The first-order chi connectivity index (χ1) is 13.9. The number of carboxylic acids is 1. The minimum Gasteiger partial charge on any atom is -0.478 e. The molecule has 3 aromatic rings. The zero-order chi connectivity index (χ0) is 20.5. The van der Waals surface area contributed by atoms with Crippen LogP contribution in [0.5, 0.6) is 0 Å². The number of halogens is 1. The van der Waals surface area contributed by atoms with Crippen LogP contribution in [0.15, 0.2) is 72.4 Å². The van der Waals surface area contributed by atoms with E-state index >= 15 is 0 Å². The average molecular weight is 456 g/mol. The van der Waals surface area contributed by atoms with E-state index in [-0.39, 0.29) is 28.5 Å². The summed E-state index contributed by atoms with van der Waals surface area (Å²) in [4.78, 5) is 32.4. The third-order valence-corrected chi connectivity index (χ3v) is 4.69. The second-order valence-corrected chi connectivity index (χ2v) is 7.07. The molecule has 1 aliphatic heterocycles. The number of hydrogen-bond donors (Lipinski definition) is 4. The van der Waals surface area contributed by atoms with Gasteiger partial charge in [0.15, 0.2) is 17.6 Å². The van der Waals surface area contributed by atoms with Gasteiger partial charge in [-0.25, -0.2) is 14.8 Å². The molecule has 1 aliphatic rings. The van der Waals surface area contributed by atoms with Gasteiger partial charge in [0.1, 0.15) is 11.8 Å². The molecular formula is C19H14BrN5O4. The van der Waals surface area contributed by atoms with E-state index in [4.69, 9.17) is 15.3 Å². The van der Waals surface area contributed by atoms with Crippen LogP contribution in [0, 0.1) is 0 Å². The van der Waals surface area contributed by atoms with E-state index in [0.717, 1.165) is 4.47 Å². The molecule has 5 N–H and O–H groups in total. The molecule has 1 aromatic heterocycles. The van der Waals surface area contributed by atoms with Crippen molar-refractivity contribution in [2.24, 2.45) is 15.7 Å². The van der Waals surface area contributed by atoms with Crippen LogP contribution in [0.1, 0.15) is 22.1 Å². The number of aromatic carboxylic acids is 1. The minimum absolute atomic E-state index is 0.0726. The third-order valence-electron chi connectivity index (χ3n) is 4.19. The molecule has 0 bridgehead atoms. The van der Waals surface area contributed by atoms with Gasteiger partial charge in [0.2, 0.25) is 5.96 Å². The molecule has 1 atom stereocenters. The Hall–Kier alpha value is -3.66. The van der Waals surface area contributed by atoms with E-state index in [1.807, 2.05) is 0 Å². The molecule has 0 radical (unpaired) electrons. The van der Waals surface area contributed by atoms with Gasteiger partial charge in [0.25, 0.3) is 0 Å². The van der Waals surface area contributed by atoms with E-state index in [9.17, 15) is 9.59 Å². The van der Waals surface area contributed by atoms with Gasteiger partial charge in [-0.2, -0.15) is 0 Å². The molecule has 0 spiro atoms. The summed E-state index contributed by atoms with van der Waals surface area (Å²) in [5.41, 5.74) is 7.03. The van der Waals surface area contributed by atoms with Crippen molar-refractivity contribution < 1.29 is 14.3 Å². The van der Waals surface area contributed by atoms with Gasteiger partial charge < -0.3 is 20.6 Å². The first-order valence-electron chi connectivity index (χ1n) is 8.40. The number of aliphatic imine (C=N–C) groups is 2. The molecule has 0 unspecified atom stereocenters. The number of nitrogens with one attached hydrogen (secondary N) is 2. The van der Waals surface area contributed by atoms with Gasteiger partial charge in [0, 0.05) is 10.2 Å². The zero-order valence-corrected chi connectivity index (χ0v) is 16.3. The minimum atomic E-state index is -1.02. The van der Waals surface area contributed by atoms with Crippen LogP contribution in [0.25, 0.3) is 11.0 Å². The fraction of sp³-hybridized carbons (Fsp3) is 0.0526. The molecule has 0 aliphatic carbocycles. The van der Waals surface area contributed by atoms with Crippen molar-refractivity contribution in [1.29, 1.82) is 0 Å². The molecule has 0 fully saturated rings. The topological polar surface area (TPSA) is 142 Å². The lowest BCUT2D eigenvalue weighted by molar-refractivity contribution is 0.0697. The summed E-state index contributed by atoms with van der Waals surface area (Å²) in [5, 5.41) is 15.1. The largest absolute Gasteiger partial charge is 0.478 e. The summed E-state index contributed by atoms with van der Waals surface area (Å²) >= 11 is 3.34. The highest BCUT2D eigenvalue weighted by atomic mass is 79.9. The van der Waals surface area contributed by atoms with Crippen molar-refractivity contribution in [2.45, 2.75) is 6.17 Å². The Balaban J connectivity index is 1.67. The first-order valence-corrected chi connectivity index (χ1v) is 9.19. The number of nitrogens with zero attached hydrogens (tertiary/aromatic N) is 2. The zero-order valence-electron chi connectivity index (χ0n) is 14.7. The second-order valence-electron chi connectivity index (χ2n) is 6.16. The number of benzene rings is 2. The van der Waals surface area contributed by atoms with E-state index < -0.39 is 12.1 Å². The van der Waals surface area contributed by atoms with Crippen LogP contribution in [0.3, 0.4) is 0 Å². The van der Waals surface area contributed by atoms with Crippen LogP contribution in [-0.2, 0) is 0 Å². The molecule has 0 amide bonds. The molecule has 146 valence electrons. The van der Waals surface area contributed by atoms with Crippen LogP contribution in [-0.4, -0.2) is 23.0 Å². The van der Waals surface area contributed by atoms with Gasteiger partial charge in [-0.1, -0.05) is 15.9 Å². The molecule has 10 heteroatoms. The quantitative estimate of drug-likeness (QED) is 0.475. The van der Waals surface area contributed by atoms with Crippen LogP contribution in [0.2, 0.25) is 0 Å². The van der Waals surface area contributed by atoms with Crippen LogP contribution < -0.4 is 21.8 Å². The number of fused-ring (bicyclic) bond motifs is 1. The summed E-state index contributed by atoms with van der Waals surface area (Å²) in [6, 6.07) is 11.2. The third kappa shape index (κ3) is 3.83. The SMILES string of the molecule is NC1=N[C@H](c2coc3ccc(Br)cc3c2=O)N=C(Nc2ccc(C(=O)O)cc2)N1. The maximum atomic E-state index is 12.9. The van der Waals surface area contributed by atoms with Crippen LogP contribution in [0.4, 0.5) is 5.69 Å². The van der Waals surface area contributed by atoms with Crippen molar-refractivity contribution in [3.8, 4) is 0 Å². The summed E-state index contributed by atoms with van der Waals surface area (Å²) in [6.45, 7) is 0. The lowest BCUT2D eigenvalue weighted by Gasteiger charge is -2.20. The summed E-state index contributed by atoms with van der Waals surface area (Å²) in [5.74, 6) is -0.682. The highest BCUT2D eigenvalue weighted by molar-refractivity contribution is 9.10. The Morgan fingerprint density at radius 2 is 1.97 bits per heavy atom. The Morgan fingerprint density at radius 3 is 2.69 bits per heavy atom. The predicted molar refractivity (Wildman–Crippen MR) is 112 cm³/mol. The average Bonchev–Trinajstić information content (AvgIpc) is 2.68. The molecule has 2 heterocycles. The number of nitrogens with two attached hydrogens (primary N) is 1. The number of hydrogen-bond acceptors (Lipinski definition) is 8. The molecule has 0 saturated heterocycles. The van der Waals surface area contributed by atoms with Crippen molar-refractivity contribution in [1.82, 2.24) is 5.32 Å². The number of carbonyl (C=O) groups is 1. The van der Waals surface area contributed by atoms with Gasteiger partial charge in [0.05, 0.1) is 16.5 Å². The van der Waals surface area contributed by atoms with Crippen LogP contribution >= 0.6 is 15.9 Å². The fourth-order valence-corrected chi connectivity index (χ4v) is 3.16. The number of carboxylic acid groups (broad SMARTS) is 1. The molecule has 4 rings (SSSR count). The number of rotatable bonds is 3. The van der Waals surface area contributed by atoms with Crippen molar-refractivity contribution >= 4 is 50.5 Å². The standard InChI is InChI=1S/C19H14BrN5O4/c20-10-3-6-14-12(7-10)15(26)13(8-29-14)16-23-18(21)25-19(24-16)22-11-4-1-9(2-5-11)17(27)28/h1-8,16H,(H,27,28)(H4,21,22,23,24,25)/t16-/m0/s1. The second kappa shape index (κ2) is 7.40. The molecule has 29 heavy (non-hydrogen) atoms. The van der Waals surface area contributed by atoms with Crippen molar-refractivity contribution in [3.05, 3.63) is 74.6 Å². The highest BCUT2D eigenvalue weighted by Gasteiger charge is 2.21. The van der Waals surface area contributed by atoms with Gasteiger partial charge in [-0.3, -0.25) is 10.1 Å². The highest BCUT2D eigenvalue weighted by Crippen LogP contribution is 2.23. The van der Waals surface area contributed by atoms with E-state index in [1.54, 1.807) is 30.3 Å². The Labute approximate surface area is 172 Å². The Bertz CT molecular complexity index is 1230. The molecule has 0 saturated carbocycles. The van der Waals surface area contributed by atoms with E-state index in [1.165, 1.54) is 18.4 Å². The Morgan fingerprint density at radius 1 is 1.21 bits per heavy atom. The fourth-order valence-electron chi connectivity index (χ4n) is 2.80. The van der Waals surface area contributed by atoms with Gasteiger partial charge in [-0.05, 0) is 42.5 Å². The van der Waals surface area contributed by atoms with Crippen molar-refractivity contribution in [2.75, 3.05) is 5.32 Å². The lowest BCUT2D eigenvalue weighted by Crippen LogP contribution is -2.44. The first kappa shape index (κ1) is 18.7. The summed E-state index contributed by atoms with van der Waals surface area (Å²) in [6.07, 6.45) is 0.436. The van der Waals surface area contributed by atoms with E-state index in [2.05, 4.69) is 36.5 Å². The maximum absolute atomic E-state index is 12.9. The summed E-state index contributed by atoms with van der Waals surface area (Å²) < 4.78 is 6.31. The van der Waals surface area contributed by atoms with E-state index in [0.29, 0.717) is 16.7 Å². The normalized spacial score (nSPS) is 16.0. The summed E-state index contributed by atoms with van der Waals surface area (Å²) in [7, 11) is 0. The van der Waals surface area contributed by atoms with Gasteiger partial charge in [-0.15, -0.1) is 0 Å². The number of anilines is 1. The molecule has 9 nitrogen and oxygen atoms in total. The molecular weight excluding hydrogens is 442 g/mol. The predicted octanol–water partition coefficient (Wildman–Crippen LogP) is 2.64. The van der Waals surface area contributed by atoms with Crippen molar-refractivity contribution in [3.63, 3.8) is 0 Å². The Kier molecular flexibility index (Phi) is 4.77. The smallest absolute Gasteiger partial charge is 0.335 e. The number of guanidine groups is 2. The lowest BCUT2D eigenvalue weighted by atomic mass is 10.1. The molecule has 2 aromatic carbocycles. The maximum Gasteiger partial charge on any atom is 0.335 e. The monoisotopic (exact) mass is 455 g/mol.